The molecule has 42 heavy (non-hydrogen) atoms. The molecule has 0 saturated heterocycles. The van der Waals surface area contributed by atoms with Gasteiger partial charge in [0, 0.05) is 13.1 Å². The first-order valence-electron chi connectivity index (χ1n) is 15.2. The zero-order chi connectivity index (χ0) is 31.3. The van der Waals surface area contributed by atoms with Crippen LogP contribution in [0.25, 0.3) is 0 Å². The summed E-state index contributed by atoms with van der Waals surface area (Å²) >= 11 is 0. The number of unbranched alkanes of at least 4 members (excludes halogenated alkanes) is 5. The lowest BCUT2D eigenvalue weighted by atomic mass is 9.97. The van der Waals surface area contributed by atoms with Crippen LogP contribution >= 0.6 is 0 Å². The molecule has 0 radical (unpaired) electrons. The number of phenolic OH excluding ortho intramolecular Hbond substituents is 1. The average Bonchev–Trinajstić information content (AvgIpc) is 2.92. The van der Waals surface area contributed by atoms with Gasteiger partial charge < -0.3 is 25.4 Å². The molecule has 0 saturated carbocycles. The number of nitrogens with one attached hydrogen (secondary N) is 2. The Labute approximate surface area is 252 Å². The maximum atomic E-state index is 14.3. The van der Waals surface area contributed by atoms with E-state index in [0.29, 0.717) is 30.6 Å². The molecule has 0 fully saturated rings. The lowest BCUT2D eigenvalue weighted by Gasteiger charge is -2.36. The lowest BCUT2D eigenvalue weighted by molar-refractivity contribution is -0.143. The van der Waals surface area contributed by atoms with Crippen molar-refractivity contribution >= 4 is 17.9 Å². The molecule has 0 aliphatic carbocycles. The molecular formula is C34H51N3O5. The topological polar surface area (TPSA) is 108 Å². The Hall–Kier alpha value is -3.55. The Morgan fingerprint density at radius 2 is 1.60 bits per heavy atom. The van der Waals surface area contributed by atoms with Gasteiger partial charge in [-0.25, -0.2) is 4.79 Å². The number of alkyl carbamates (subject to hydrolysis) is 1. The minimum Gasteiger partial charge on any atom is -0.508 e. The quantitative estimate of drug-likeness (QED) is 0.201. The third-order valence-corrected chi connectivity index (χ3v) is 7.05. The third kappa shape index (κ3) is 11.4. The zero-order valence-electron chi connectivity index (χ0n) is 26.5. The van der Waals surface area contributed by atoms with E-state index in [1.54, 1.807) is 50.8 Å². The van der Waals surface area contributed by atoms with Gasteiger partial charge in [-0.3, -0.25) is 9.59 Å². The molecule has 2 unspecified atom stereocenters. The summed E-state index contributed by atoms with van der Waals surface area (Å²) in [4.78, 5) is 42.6. The smallest absolute Gasteiger partial charge is 0.408 e. The lowest BCUT2D eigenvalue weighted by Crippen LogP contribution is -2.55. The molecule has 2 aromatic carbocycles. The summed E-state index contributed by atoms with van der Waals surface area (Å²) in [5.74, 6) is -0.827. The Bertz CT molecular complexity index is 1140. The van der Waals surface area contributed by atoms with E-state index < -0.39 is 23.8 Å². The molecule has 0 aliphatic rings. The minimum absolute atomic E-state index is 0.114. The number of carbonyl (C=O) groups is 3. The summed E-state index contributed by atoms with van der Waals surface area (Å²) in [6.07, 6.45) is 5.42. The van der Waals surface area contributed by atoms with E-state index in [9.17, 15) is 19.5 Å². The monoisotopic (exact) mass is 581 g/mol. The number of aromatic hydroxyl groups is 1. The van der Waals surface area contributed by atoms with E-state index in [1.807, 2.05) is 44.2 Å². The van der Waals surface area contributed by atoms with Crippen molar-refractivity contribution < 1.29 is 24.2 Å². The SMILES string of the molecule is CCCCCCCCN(C(=O)C(NC(=O)OC(C)(C)C)C(C)C)C(C(=O)NCc1ccccc1)c1ccc(O)c(C)c1. The van der Waals surface area contributed by atoms with E-state index in [2.05, 4.69) is 17.6 Å². The Kier molecular flexibility index (Phi) is 13.8. The number of hydrogen-bond acceptors (Lipinski definition) is 5. The van der Waals surface area contributed by atoms with Crippen molar-refractivity contribution in [1.29, 1.82) is 0 Å². The molecule has 0 aromatic heterocycles. The molecule has 2 atom stereocenters. The van der Waals surface area contributed by atoms with Crippen molar-refractivity contribution in [2.75, 3.05) is 6.54 Å². The molecule has 2 aromatic rings. The van der Waals surface area contributed by atoms with Crippen LogP contribution < -0.4 is 10.6 Å². The van der Waals surface area contributed by atoms with E-state index in [4.69, 9.17) is 4.74 Å². The van der Waals surface area contributed by atoms with Gasteiger partial charge in [0.25, 0.3) is 0 Å². The van der Waals surface area contributed by atoms with Crippen molar-refractivity contribution in [2.24, 2.45) is 5.92 Å². The van der Waals surface area contributed by atoms with Crippen molar-refractivity contribution in [1.82, 2.24) is 15.5 Å². The summed E-state index contributed by atoms with van der Waals surface area (Å²) in [6, 6.07) is 12.7. The number of rotatable bonds is 15. The second-order valence-corrected chi connectivity index (χ2v) is 12.3. The van der Waals surface area contributed by atoms with E-state index in [1.165, 1.54) is 0 Å². The van der Waals surface area contributed by atoms with Gasteiger partial charge in [-0.1, -0.05) is 89.3 Å². The highest BCUT2D eigenvalue weighted by molar-refractivity contribution is 5.92. The van der Waals surface area contributed by atoms with Crippen molar-refractivity contribution in [3.63, 3.8) is 0 Å². The van der Waals surface area contributed by atoms with Gasteiger partial charge in [0.15, 0.2) is 0 Å². The van der Waals surface area contributed by atoms with Gasteiger partial charge >= 0.3 is 6.09 Å². The third-order valence-electron chi connectivity index (χ3n) is 7.05. The van der Waals surface area contributed by atoms with Gasteiger partial charge in [0.1, 0.15) is 23.4 Å². The van der Waals surface area contributed by atoms with Crippen LogP contribution in [-0.4, -0.2) is 46.1 Å². The van der Waals surface area contributed by atoms with Crippen LogP contribution in [0.15, 0.2) is 48.5 Å². The van der Waals surface area contributed by atoms with E-state index >= 15 is 0 Å². The van der Waals surface area contributed by atoms with Crippen LogP contribution in [0.5, 0.6) is 5.75 Å². The molecule has 0 aliphatic heterocycles. The van der Waals surface area contributed by atoms with Crippen LogP contribution in [0.1, 0.15) is 103 Å². The molecule has 8 nitrogen and oxygen atoms in total. The Morgan fingerprint density at radius 1 is 0.952 bits per heavy atom. The number of amides is 3. The normalized spacial score (nSPS) is 12.9. The predicted octanol–water partition coefficient (Wildman–Crippen LogP) is 6.80. The molecule has 2 rings (SSSR count). The standard InChI is InChI=1S/C34H51N3O5/c1-8-9-10-11-12-16-21-37(32(40)29(24(2)3)36-33(41)42-34(5,6)7)30(27-19-20-28(38)25(4)22-27)31(39)35-23-26-17-14-13-15-18-26/h13-15,17-20,22,24,29-30,38H,8-12,16,21,23H2,1-7H3,(H,35,39)(H,36,41). The number of nitrogens with zero attached hydrogens (tertiary/aromatic N) is 1. The summed E-state index contributed by atoms with van der Waals surface area (Å²) in [7, 11) is 0. The van der Waals surface area contributed by atoms with Gasteiger partial charge in [-0.2, -0.15) is 0 Å². The van der Waals surface area contributed by atoms with Gasteiger partial charge in [0.2, 0.25) is 11.8 Å². The van der Waals surface area contributed by atoms with E-state index in [-0.39, 0.29) is 23.5 Å². The van der Waals surface area contributed by atoms with E-state index in [0.717, 1.165) is 37.7 Å². The average molecular weight is 582 g/mol. The summed E-state index contributed by atoms with van der Waals surface area (Å²) in [5.41, 5.74) is 1.41. The van der Waals surface area contributed by atoms with Crippen LogP contribution in [0, 0.1) is 12.8 Å². The van der Waals surface area contributed by atoms with Crippen LogP contribution in [0.2, 0.25) is 0 Å². The molecule has 8 heteroatoms. The van der Waals surface area contributed by atoms with Gasteiger partial charge in [-0.05, 0) is 68.9 Å². The fourth-order valence-electron chi connectivity index (χ4n) is 4.76. The largest absolute Gasteiger partial charge is 0.508 e. The molecule has 0 bridgehead atoms. The van der Waals surface area contributed by atoms with Crippen LogP contribution in [0.3, 0.4) is 0 Å². The fourth-order valence-corrected chi connectivity index (χ4v) is 4.76. The highest BCUT2D eigenvalue weighted by Crippen LogP contribution is 2.28. The van der Waals surface area contributed by atoms with Gasteiger partial charge in [0.05, 0.1) is 0 Å². The summed E-state index contributed by atoms with van der Waals surface area (Å²) in [5, 5.41) is 16.0. The number of aryl methyl sites for hydroxylation is 1. The highest BCUT2D eigenvalue weighted by atomic mass is 16.6. The zero-order valence-corrected chi connectivity index (χ0v) is 26.5. The molecule has 0 heterocycles. The first-order chi connectivity index (χ1) is 19.8. The van der Waals surface area contributed by atoms with Crippen molar-refractivity contribution in [3.8, 4) is 5.75 Å². The van der Waals surface area contributed by atoms with Crippen molar-refractivity contribution in [2.45, 2.75) is 111 Å². The molecule has 3 amide bonds. The summed E-state index contributed by atoms with van der Waals surface area (Å²) in [6.45, 7) is 13.6. The molecule has 232 valence electrons. The minimum atomic E-state index is -0.960. The first-order valence-corrected chi connectivity index (χ1v) is 15.2. The summed E-state index contributed by atoms with van der Waals surface area (Å²) < 4.78 is 5.47. The fraction of sp³-hybridized carbons (Fsp3) is 0.559. The number of carbonyl (C=O) groups excluding carboxylic acids is 3. The first kappa shape index (κ1) is 34.7. The highest BCUT2D eigenvalue weighted by Gasteiger charge is 2.37. The number of phenols is 1. The number of hydrogen-bond donors (Lipinski definition) is 3. The maximum Gasteiger partial charge on any atom is 0.408 e. The Morgan fingerprint density at radius 3 is 2.19 bits per heavy atom. The second kappa shape index (κ2) is 16.8. The van der Waals surface area contributed by atoms with Gasteiger partial charge in [-0.15, -0.1) is 0 Å². The molecule has 3 N–H and O–H groups in total. The maximum absolute atomic E-state index is 14.3. The van der Waals surface area contributed by atoms with Crippen LogP contribution in [0.4, 0.5) is 4.79 Å². The molecular weight excluding hydrogens is 530 g/mol. The predicted molar refractivity (Wildman–Crippen MR) is 167 cm³/mol. The number of benzene rings is 2. The van der Waals surface area contributed by atoms with Crippen molar-refractivity contribution in [3.05, 3.63) is 65.2 Å². The van der Waals surface area contributed by atoms with Crippen LogP contribution in [-0.2, 0) is 20.9 Å². The second-order valence-electron chi connectivity index (χ2n) is 12.3. The number of ether oxygens (including phenoxy) is 1. The Balaban J connectivity index is 2.47. The molecule has 0 spiro atoms.